The molecule has 78 valence electrons. The van der Waals surface area contributed by atoms with Crippen molar-refractivity contribution in [1.29, 1.82) is 0 Å². The zero-order valence-electron chi connectivity index (χ0n) is 7.93. The van der Waals surface area contributed by atoms with E-state index in [1.165, 1.54) is 0 Å². The van der Waals surface area contributed by atoms with Crippen molar-refractivity contribution in [2.75, 3.05) is 0 Å². The predicted octanol–water partition coefficient (Wildman–Crippen LogP) is 3.07. The third kappa shape index (κ3) is 2.56. The maximum absolute atomic E-state index is 9.91. The zero-order chi connectivity index (χ0) is 10.7. The minimum atomic E-state index is -0.490. The highest BCUT2D eigenvalue weighted by Gasteiger charge is 2.10. The zero-order valence-corrected chi connectivity index (χ0v) is 9.50. The molecule has 0 bridgehead atoms. The van der Waals surface area contributed by atoms with Crippen molar-refractivity contribution in [3.8, 4) is 0 Å². The van der Waals surface area contributed by atoms with Crippen LogP contribution in [0, 0.1) is 0 Å². The summed E-state index contributed by atoms with van der Waals surface area (Å²) in [5, 5.41) is 14.4. The first-order valence-electron chi connectivity index (χ1n) is 4.56. The molecule has 0 spiro atoms. The van der Waals surface area contributed by atoms with E-state index in [9.17, 15) is 5.11 Å². The quantitative estimate of drug-likeness (QED) is 0.893. The standard InChI is InChI=1S/C11H10ClNOS/c12-10-6-13-3-1-8(10)5-11(14)9-2-4-15-7-9/h1-4,6-7,11,14H,5H2. The minimum absolute atomic E-state index is 0.490. The van der Waals surface area contributed by atoms with Crippen LogP contribution in [0.4, 0.5) is 0 Å². The molecule has 0 saturated carbocycles. The summed E-state index contributed by atoms with van der Waals surface area (Å²) >= 11 is 7.54. The maximum Gasteiger partial charge on any atom is 0.0838 e. The maximum atomic E-state index is 9.91. The fourth-order valence-electron chi connectivity index (χ4n) is 1.36. The molecule has 0 radical (unpaired) electrons. The van der Waals surface area contributed by atoms with Crippen LogP contribution in [0.5, 0.6) is 0 Å². The molecule has 0 aliphatic rings. The Morgan fingerprint density at radius 3 is 3.00 bits per heavy atom. The van der Waals surface area contributed by atoms with Gasteiger partial charge in [-0.15, -0.1) is 0 Å². The average molecular weight is 240 g/mol. The highest BCUT2D eigenvalue weighted by Crippen LogP contribution is 2.23. The SMILES string of the molecule is OC(Cc1ccncc1Cl)c1ccsc1. The molecule has 0 aliphatic carbocycles. The summed E-state index contributed by atoms with van der Waals surface area (Å²) in [4.78, 5) is 3.90. The van der Waals surface area contributed by atoms with Gasteiger partial charge in [0.15, 0.2) is 0 Å². The lowest BCUT2D eigenvalue weighted by molar-refractivity contribution is 0.179. The summed E-state index contributed by atoms with van der Waals surface area (Å²) in [6, 6.07) is 3.75. The number of pyridine rings is 1. The fraction of sp³-hybridized carbons (Fsp3) is 0.182. The van der Waals surface area contributed by atoms with Crippen molar-refractivity contribution in [3.05, 3.63) is 51.4 Å². The number of aromatic nitrogens is 1. The number of aliphatic hydroxyl groups is 1. The third-order valence-corrected chi connectivity index (χ3v) is 3.24. The number of hydrogen-bond donors (Lipinski definition) is 1. The highest BCUT2D eigenvalue weighted by molar-refractivity contribution is 7.07. The van der Waals surface area contributed by atoms with Crippen molar-refractivity contribution in [1.82, 2.24) is 4.98 Å². The van der Waals surface area contributed by atoms with Crippen LogP contribution in [0.1, 0.15) is 17.2 Å². The summed E-state index contributed by atoms with van der Waals surface area (Å²) in [5.41, 5.74) is 1.86. The van der Waals surface area contributed by atoms with Gasteiger partial charge in [-0.1, -0.05) is 11.6 Å². The molecule has 0 saturated heterocycles. The summed E-state index contributed by atoms with van der Waals surface area (Å²) in [7, 11) is 0. The van der Waals surface area contributed by atoms with Gasteiger partial charge in [0.05, 0.1) is 11.1 Å². The van der Waals surface area contributed by atoms with Gasteiger partial charge >= 0.3 is 0 Å². The van der Waals surface area contributed by atoms with Gasteiger partial charge < -0.3 is 5.11 Å². The molecular formula is C11H10ClNOS. The largest absolute Gasteiger partial charge is 0.388 e. The van der Waals surface area contributed by atoms with E-state index in [1.54, 1.807) is 23.7 Å². The van der Waals surface area contributed by atoms with E-state index in [0.29, 0.717) is 11.4 Å². The van der Waals surface area contributed by atoms with E-state index in [0.717, 1.165) is 11.1 Å². The van der Waals surface area contributed by atoms with Crippen LogP contribution < -0.4 is 0 Å². The molecule has 0 aliphatic heterocycles. The molecule has 2 heterocycles. The number of hydrogen-bond acceptors (Lipinski definition) is 3. The second kappa shape index (κ2) is 4.75. The highest BCUT2D eigenvalue weighted by atomic mass is 35.5. The van der Waals surface area contributed by atoms with Crippen LogP contribution >= 0.6 is 22.9 Å². The fourth-order valence-corrected chi connectivity index (χ4v) is 2.26. The van der Waals surface area contributed by atoms with Gasteiger partial charge in [0.1, 0.15) is 0 Å². The molecular weight excluding hydrogens is 230 g/mol. The number of nitrogens with zero attached hydrogens (tertiary/aromatic N) is 1. The van der Waals surface area contributed by atoms with E-state index in [2.05, 4.69) is 4.98 Å². The van der Waals surface area contributed by atoms with Crippen molar-refractivity contribution in [2.24, 2.45) is 0 Å². The topological polar surface area (TPSA) is 33.1 Å². The van der Waals surface area contributed by atoms with E-state index >= 15 is 0 Å². The summed E-state index contributed by atoms with van der Waals surface area (Å²) in [6.45, 7) is 0. The minimum Gasteiger partial charge on any atom is -0.388 e. The van der Waals surface area contributed by atoms with Crippen LogP contribution in [-0.4, -0.2) is 10.1 Å². The van der Waals surface area contributed by atoms with Crippen LogP contribution in [-0.2, 0) is 6.42 Å². The van der Waals surface area contributed by atoms with E-state index in [4.69, 9.17) is 11.6 Å². The average Bonchev–Trinajstić information content (AvgIpc) is 2.74. The molecule has 2 aromatic heterocycles. The van der Waals surface area contributed by atoms with Gasteiger partial charge in [0, 0.05) is 18.8 Å². The number of rotatable bonds is 3. The molecule has 0 fully saturated rings. The Balaban J connectivity index is 2.13. The Bertz CT molecular complexity index is 430. The van der Waals surface area contributed by atoms with Crippen molar-refractivity contribution >= 4 is 22.9 Å². The Kier molecular flexibility index (Phi) is 3.36. The normalized spacial score (nSPS) is 12.7. The second-order valence-corrected chi connectivity index (χ2v) is 4.43. The van der Waals surface area contributed by atoms with Gasteiger partial charge in [0.2, 0.25) is 0 Å². The monoisotopic (exact) mass is 239 g/mol. The van der Waals surface area contributed by atoms with E-state index in [-0.39, 0.29) is 0 Å². The van der Waals surface area contributed by atoms with Crippen molar-refractivity contribution < 1.29 is 5.11 Å². The molecule has 0 amide bonds. The second-order valence-electron chi connectivity index (χ2n) is 3.24. The third-order valence-electron chi connectivity index (χ3n) is 2.20. The molecule has 2 aromatic rings. The molecule has 1 unspecified atom stereocenters. The van der Waals surface area contributed by atoms with Gasteiger partial charge in [-0.2, -0.15) is 11.3 Å². The Morgan fingerprint density at radius 1 is 1.47 bits per heavy atom. The molecule has 1 atom stereocenters. The van der Waals surface area contributed by atoms with Gasteiger partial charge in [-0.3, -0.25) is 4.98 Å². The molecule has 4 heteroatoms. The molecule has 1 N–H and O–H groups in total. The predicted molar refractivity (Wildman–Crippen MR) is 62.2 cm³/mol. The lowest BCUT2D eigenvalue weighted by Crippen LogP contribution is -2.00. The summed E-state index contributed by atoms with van der Waals surface area (Å²) in [5.74, 6) is 0. The Labute approximate surface area is 97.2 Å². The molecule has 2 rings (SSSR count). The number of aliphatic hydroxyl groups excluding tert-OH is 1. The van der Waals surface area contributed by atoms with Crippen molar-refractivity contribution in [3.63, 3.8) is 0 Å². The van der Waals surface area contributed by atoms with Crippen LogP contribution in [0.15, 0.2) is 35.3 Å². The summed E-state index contributed by atoms with van der Waals surface area (Å²) in [6.07, 6.45) is 3.31. The molecule has 2 nitrogen and oxygen atoms in total. The molecule has 15 heavy (non-hydrogen) atoms. The Morgan fingerprint density at radius 2 is 2.33 bits per heavy atom. The van der Waals surface area contributed by atoms with Crippen LogP contribution in [0.2, 0.25) is 5.02 Å². The van der Waals surface area contributed by atoms with Gasteiger partial charge in [0.25, 0.3) is 0 Å². The van der Waals surface area contributed by atoms with Crippen molar-refractivity contribution in [2.45, 2.75) is 12.5 Å². The lowest BCUT2D eigenvalue weighted by atomic mass is 10.1. The van der Waals surface area contributed by atoms with Crippen LogP contribution in [0.3, 0.4) is 0 Å². The number of halogens is 1. The first-order valence-corrected chi connectivity index (χ1v) is 5.88. The summed E-state index contributed by atoms with van der Waals surface area (Å²) < 4.78 is 0. The first kappa shape index (κ1) is 10.6. The lowest BCUT2D eigenvalue weighted by Gasteiger charge is -2.09. The van der Waals surface area contributed by atoms with E-state index < -0.39 is 6.10 Å². The first-order chi connectivity index (χ1) is 7.27. The van der Waals surface area contributed by atoms with Gasteiger partial charge in [-0.05, 0) is 34.0 Å². The van der Waals surface area contributed by atoms with Crippen LogP contribution in [0.25, 0.3) is 0 Å². The molecule has 0 aromatic carbocycles. The smallest absolute Gasteiger partial charge is 0.0838 e. The Hall–Kier alpha value is -0.900. The number of thiophene rings is 1. The van der Waals surface area contributed by atoms with E-state index in [1.807, 2.05) is 22.9 Å². The van der Waals surface area contributed by atoms with Gasteiger partial charge in [-0.25, -0.2) is 0 Å².